The van der Waals surface area contributed by atoms with E-state index in [1.807, 2.05) is 6.92 Å². The fraction of sp³-hybridized carbons (Fsp3) is 0.842. The van der Waals surface area contributed by atoms with Crippen molar-refractivity contribution in [2.45, 2.75) is 171 Å². The molecule has 8 unspecified atom stereocenters. The lowest BCUT2D eigenvalue weighted by atomic mass is 9.86. The van der Waals surface area contributed by atoms with E-state index in [0.29, 0.717) is 57.8 Å². The molecule has 0 aromatic rings. The Morgan fingerprint density at radius 2 is 1.52 bits per heavy atom. The molecule has 50 heavy (non-hydrogen) atoms. The summed E-state index contributed by atoms with van der Waals surface area (Å²) < 4.78 is 34.9. The Balaban J connectivity index is 0.000000336. The first-order valence-corrected chi connectivity index (χ1v) is 18.7. The fourth-order valence-corrected chi connectivity index (χ4v) is 7.51. The number of carbonyl (C=O) groups is 2. The summed E-state index contributed by atoms with van der Waals surface area (Å²) in [6, 6.07) is 0. The summed E-state index contributed by atoms with van der Waals surface area (Å²) in [5.74, 6) is 0.405. The van der Waals surface area contributed by atoms with E-state index in [9.17, 15) is 19.8 Å². The molecule has 0 aromatic heterocycles. The molecular formula is C38H62O12. The number of Topliss-reactive ketones (excluding diaryl/α,β-unsaturated/α-hetero) is 2. The van der Waals surface area contributed by atoms with Gasteiger partial charge in [-0.3, -0.25) is 9.59 Å². The number of ketones is 2. The quantitative estimate of drug-likeness (QED) is 0.232. The van der Waals surface area contributed by atoms with Crippen LogP contribution in [-0.2, 0) is 38.0 Å². The van der Waals surface area contributed by atoms with Crippen LogP contribution in [0.25, 0.3) is 0 Å². The fourth-order valence-electron chi connectivity index (χ4n) is 7.51. The minimum absolute atomic E-state index is 0.0116. The molecule has 0 bridgehead atoms. The standard InChI is InChI=1S/C27H40O9.C8H14O.C3H8O2/c1-14-9-19(33-13-14)4-3-17(28)12-22-23(30)26-27(36-22)24(31)25-21(35-26)6-5-20(34-25)11-18(29)10-16-7-8-32-15(16)2;1-3-8-5-4-7(2)6-9-8;1-3(5)2-4/h15-16,19-27,30-31H,1,3-13H2,2H3;8H,2-6H2,1H3;3-5H,2H2,1H3/t15-,16?,19?,20?,21?,22+,23?,24?,25-,26-,27?;8-;/m00./s1. The van der Waals surface area contributed by atoms with E-state index in [-0.39, 0.29) is 54.9 Å². The molecule has 12 heteroatoms. The van der Waals surface area contributed by atoms with Crippen LogP contribution in [0, 0.1) is 5.92 Å². The number of hydrogen-bond acceptors (Lipinski definition) is 12. The Morgan fingerprint density at radius 3 is 2.12 bits per heavy atom. The van der Waals surface area contributed by atoms with Gasteiger partial charge in [-0.15, -0.1) is 0 Å². The maximum Gasteiger partial charge on any atom is 0.135 e. The first-order valence-electron chi connectivity index (χ1n) is 18.7. The molecule has 0 saturated carbocycles. The largest absolute Gasteiger partial charge is 0.394 e. The van der Waals surface area contributed by atoms with Crippen molar-refractivity contribution in [2.24, 2.45) is 5.92 Å². The Bertz CT molecular complexity index is 1100. The van der Waals surface area contributed by atoms with E-state index in [1.165, 1.54) is 25.3 Å². The van der Waals surface area contributed by atoms with Gasteiger partial charge in [0, 0.05) is 32.3 Å². The minimum atomic E-state index is -0.998. The molecule has 0 amide bonds. The molecular weight excluding hydrogens is 648 g/mol. The number of ether oxygens (including phenoxy) is 6. The van der Waals surface area contributed by atoms with Crippen LogP contribution in [0.4, 0.5) is 0 Å². The maximum atomic E-state index is 12.6. The van der Waals surface area contributed by atoms with Gasteiger partial charge in [-0.1, -0.05) is 25.7 Å². The summed E-state index contributed by atoms with van der Waals surface area (Å²) in [5.41, 5.74) is 2.30. The Labute approximate surface area is 297 Å². The van der Waals surface area contributed by atoms with Gasteiger partial charge in [0.05, 0.1) is 62.5 Å². The predicted molar refractivity (Wildman–Crippen MR) is 185 cm³/mol. The topological polar surface area (TPSA) is 170 Å². The summed E-state index contributed by atoms with van der Waals surface area (Å²) in [6.45, 7) is 15.4. The minimum Gasteiger partial charge on any atom is -0.394 e. The van der Waals surface area contributed by atoms with Crippen molar-refractivity contribution >= 4 is 11.6 Å². The van der Waals surface area contributed by atoms with Gasteiger partial charge in [0.1, 0.15) is 42.1 Å². The summed E-state index contributed by atoms with van der Waals surface area (Å²) in [4.78, 5) is 25.2. The molecule has 0 spiro atoms. The first kappa shape index (κ1) is 41.2. The highest BCUT2D eigenvalue weighted by Gasteiger charge is 2.57. The van der Waals surface area contributed by atoms with Crippen LogP contribution in [0.3, 0.4) is 0 Å². The number of aliphatic hydroxyl groups is 4. The first-order chi connectivity index (χ1) is 23.9. The van der Waals surface area contributed by atoms with Gasteiger partial charge in [0.2, 0.25) is 0 Å². The molecule has 6 rings (SSSR count). The second-order valence-corrected chi connectivity index (χ2v) is 15.0. The molecule has 12 nitrogen and oxygen atoms in total. The molecule has 13 atom stereocenters. The van der Waals surface area contributed by atoms with E-state index < -0.39 is 42.7 Å². The lowest BCUT2D eigenvalue weighted by molar-refractivity contribution is -0.259. The van der Waals surface area contributed by atoms with Crippen LogP contribution >= 0.6 is 0 Å². The lowest BCUT2D eigenvalue weighted by Gasteiger charge is -2.46. The monoisotopic (exact) mass is 710 g/mol. The van der Waals surface area contributed by atoms with E-state index in [2.05, 4.69) is 20.1 Å². The van der Waals surface area contributed by atoms with Crippen molar-refractivity contribution in [3.8, 4) is 0 Å². The highest BCUT2D eigenvalue weighted by Crippen LogP contribution is 2.40. The molecule has 286 valence electrons. The SMILES string of the molecule is C=C1CC[C@H](CC)OC1.C=C1COC(CCC(=O)C[C@H]2OC3C(O)[C@H]4OC(CC(=O)CC5CCO[C@H]5C)CCC4O[C@H]3C2O)C1.CC(O)CO. The van der Waals surface area contributed by atoms with E-state index in [1.54, 1.807) is 0 Å². The predicted octanol–water partition coefficient (Wildman–Crippen LogP) is 3.14. The van der Waals surface area contributed by atoms with Crippen molar-refractivity contribution in [3.63, 3.8) is 0 Å². The molecule has 0 aromatic carbocycles. The van der Waals surface area contributed by atoms with Crippen molar-refractivity contribution in [3.05, 3.63) is 24.3 Å². The second kappa shape index (κ2) is 20.0. The normalized spacial score (nSPS) is 38.6. The number of rotatable bonds is 11. The van der Waals surface area contributed by atoms with Gasteiger partial charge in [-0.25, -0.2) is 0 Å². The highest BCUT2D eigenvalue weighted by atomic mass is 16.6. The highest BCUT2D eigenvalue weighted by molar-refractivity contribution is 5.79. The van der Waals surface area contributed by atoms with Gasteiger partial charge >= 0.3 is 0 Å². The maximum absolute atomic E-state index is 12.6. The van der Waals surface area contributed by atoms with Gasteiger partial charge in [0.25, 0.3) is 0 Å². The van der Waals surface area contributed by atoms with Crippen molar-refractivity contribution in [1.29, 1.82) is 0 Å². The van der Waals surface area contributed by atoms with E-state index >= 15 is 0 Å². The smallest absolute Gasteiger partial charge is 0.135 e. The van der Waals surface area contributed by atoms with Gasteiger partial charge in [0.15, 0.2) is 0 Å². The lowest BCUT2D eigenvalue weighted by Crippen LogP contribution is -2.61. The van der Waals surface area contributed by atoms with Crippen LogP contribution in [-0.4, -0.2) is 132 Å². The summed E-state index contributed by atoms with van der Waals surface area (Å²) in [7, 11) is 0. The number of fused-ring (bicyclic) bond motifs is 2. The molecule has 4 N–H and O–H groups in total. The van der Waals surface area contributed by atoms with Gasteiger partial charge in [-0.05, 0) is 76.7 Å². The second-order valence-electron chi connectivity index (χ2n) is 15.0. The van der Waals surface area contributed by atoms with Crippen LogP contribution in [0.5, 0.6) is 0 Å². The zero-order chi connectivity index (χ0) is 36.4. The van der Waals surface area contributed by atoms with Crippen molar-refractivity contribution in [2.75, 3.05) is 26.4 Å². The summed E-state index contributed by atoms with van der Waals surface area (Å²) >= 11 is 0. The molecule has 6 saturated heterocycles. The van der Waals surface area contributed by atoms with Crippen LogP contribution in [0.15, 0.2) is 24.3 Å². The number of aliphatic hydroxyl groups excluding tert-OH is 4. The van der Waals surface area contributed by atoms with Crippen molar-refractivity contribution < 1.29 is 58.4 Å². The van der Waals surface area contributed by atoms with Crippen LogP contribution < -0.4 is 0 Å². The third-order valence-corrected chi connectivity index (χ3v) is 10.6. The Hall–Kier alpha value is -1.58. The summed E-state index contributed by atoms with van der Waals surface area (Å²) in [6.07, 6.45) is 2.92. The van der Waals surface area contributed by atoms with E-state index in [4.69, 9.17) is 38.6 Å². The molecule has 0 radical (unpaired) electrons. The molecule has 6 aliphatic heterocycles. The molecule has 6 aliphatic rings. The molecule has 6 heterocycles. The van der Waals surface area contributed by atoms with Crippen LogP contribution in [0.2, 0.25) is 0 Å². The van der Waals surface area contributed by atoms with Gasteiger partial charge in [-0.2, -0.15) is 0 Å². The van der Waals surface area contributed by atoms with Gasteiger partial charge < -0.3 is 48.8 Å². The van der Waals surface area contributed by atoms with Crippen LogP contribution in [0.1, 0.15) is 97.8 Å². The third-order valence-electron chi connectivity index (χ3n) is 10.6. The number of hydrogen-bond donors (Lipinski definition) is 4. The molecule has 6 fully saturated rings. The zero-order valence-electron chi connectivity index (χ0n) is 30.3. The Morgan fingerprint density at radius 1 is 0.820 bits per heavy atom. The van der Waals surface area contributed by atoms with Crippen molar-refractivity contribution in [1.82, 2.24) is 0 Å². The Kier molecular flexibility index (Phi) is 16.5. The third kappa shape index (κ3) is 12.0. The summed E-state index contributed by atoms with van der Waals surface area (Å²) in [5, 5.41) is 37.9. The average molecular weight is 711 g/mol. The zero-order valence-corrected chi connectivity index (χ0v) is 30.3. The number of carbonyl (C=O) groups excluding carboxylic acids is 2. The van der Waals surface area contributed by atoms with E-state index in [0.717, 1.165) is 31.4 Å². The molecule has 0 aliphatic carbocycles. The average Bonchev–Trinajstić information content (AvgIpc) is 3.79.